The third-order valence-corrected chi connectivity index (χ3v) is 4.45. The Hall–Kier alpha value is -0.910. The number of rotatable bonds is 4. The highest BCUT2D eigenvalue weighted by Crippen LogP contribution is 2.29. The number of aromatic nitrogens is 2. The van der Waals surface area contributed by atoms with Crippen LogP contribution in [0.2, 0.25) is 0 Å². The summed E-state index contributed by atoms with van der Waals surface area (Å²) >= 11 is 0. The maximum Gasteiger partial charge on any atom is 0.0703 e. The minimum absolute atomic E-state index is 0.394. The molecule has 1 aromatic rings. The predicted octanol–water partition coefficient (Wildman–Crippen LogP) is 1.31. The molecular weight excluding hydrogens is 242 g/mol. The summed E-state index contributed by atoms with van der Waals surface area (Å²) in [5.41, 5.74) is 2.05. The van der Waals surface area contributed by atoms with E-state index in [0.717, 1.165) is 38.6 Å². The molecule has 0 amide bonds. The fourth-order valence-corrected chi connectivity index (χ4v) is 3.15. The van der Waals surface area contributed by atoms with Gasteiger partial charge in [0, 0.05) is 30.5 Å². The highest BCUT2D eigenvalue weighted by atomic mass is 16.5. The van der Waals surface area contributed by atoms with E-state index in [4.69, 9.17) is 4.74 Å². The Kier molecular flexibility index (Phi) is 3.86. The number of aromatic amines is 1. The molecule has 0 saturated carbocycles. The molecule has 5 heteroatoms. The van der Waals surface area contributed by atoms with E-state index in [1.807, 2.05) is 6.20 Å². The quantitative estimate of drug-likeness (QED) is 0.767. The second-order valence-electron chi connectivity index (χ2n) is 5.79. The molecule has 1 fully saturated rings. The van der Waals surface area contributed by atoms with E-state index in [9.17, 15) is 5.11 Å². The predicted molar refractivity (Wildman–Crippen MR) is 71.9 cm³/mol. The van der Waals surface area contributed by atoms with E-state index in [-0.39, 0.29) is 0 Å². The van der Waals surface area contributed by atoms with Crippen molar-refractivity contribution in [1.82, 2.24) is 15.5 Å². The molecule has 1 aliphatic carbocycles. The molecule has 1 aliphatic heterocycles. The first-order valence-electron chi connectivity index (χ1n) is 7.32. The van der Waals surface area contributed by atoms with E-state index in [0.29, 0.717) is 19.3 Å². The highest BCUT2D eigenvalue weighted by molar-refractivity contribution is 5.23. The van der Waals surface area contributed by atoms with Crippen molar-refractivity contribution < 1.29 is 9.84 Å². The second kappa shape index (κ2) is 5.61. The van der Waals surface area contributed by atoms with Crippen molar-refractivity contribution in [2.45, 2.75) is 50.2 Å². The van der Waals surface area contributed by atoms with Gasteiger partial charge in [0.1, 0.15) is 0 Å². The Morgan fingerprint density at radius 1 is 1.47 bits per heavy atom. The fourth-order valence-electron chi connectivity index (χ4n) is 3.15. The van der Waals surface area contributed by atoms with E-state index in [2.05, 4.69) is 15.5 Å². The topological polar surface area (TPSA) is 70.2 Å². The van der Waals surface area contributed by atoms with Gasteiger partial charge in [-0.1, -0.05) is 0 Å². The zero-order chi connectivity index (χ0) is 13.1. The number of H-pyrrole nitrogens is 1. The van der Waals surface area contributed by atoms with Crippen LogP contribution in [0.15, 0.2) is 6.20 Å². The molecule has 3 N–H and O–H groups in total. The molecule has 1 aromatic heterocycles. The average Bonchev–Trinajstić information content (AvgIpc) is 2.88. The molecule has 0 radical (unpaired) electrons. The first kappa shape index (κ1) is 13.1. The normalized spacial score (nSPS) is 26.1. The lowest BCUT2D eigenvalue weighted by atomic mass is 9.89. The van der Waals surface area contributed by atoms with Crippen LogP contribution in [0.25, 0.3) is 0 Å². The Bertz CT molecular complexity index is 413. The van der Waals surface area contributed by atoms with Gasteiger partial charge < -0.3 is 15.2 Å². The molecular formula is C14H23N3O2. The van der Waals surface area contributed by atoms with Crippen molar-refractivity contribution in [3.8, 4) is 0 Å². The standard InChI is InChI=1S/C14H23N3O2/c18-14(5-8-19-9-6-14)4-7-15-12-2-1-3-13-11(12)10-16-17-13/h10,12,15,18H,1-9H2,(H,16,17). The van der Waals surface area contributed by atoms with Crippen LogP contribution in [-0.4, -0.2) is 40.7 Å². The summed E-state index contributed by atoms with van der Waals surface area (Å²) in [5.74, 6) is 0. The minimum atomic E-state index is -0.529. The number of ether oxygens (including phenoxy) is 1. The third kappa shape index (κ3) is 2.99. The Labute approximate surface area is 113 Å². The maximum absolute atomic E-state index is 10.4. The fraction of sp³-hybridized carbons (Fsp3) is 0.786. The number of aliphatic hydroxyl groups is 1. The summed E-state index contributed by atoms with van der Waals surface area (Å²) in [6.07, 6.45) is 7.73. The van der Waals surface area contributed by atoms with Crippen LogP contribution in [-0.2, 0) is 11.2 Å². The molecule has 3 rings (SSSR count). The van der Waals surface area contributed by atoms with Gasteiger partial charge in [0.2, 0.25) is 0 Å². The van der Waals surface area contributed by atoms with Crippen LogP contribution in [0.3, 0.4) is 0 Å². The van der Waals surface area contributed by atoms with Gasteiger partial charge >= 0.3 is 0 Å². The molecule has 1 saturated heterocycles. The Balaban J connectivity index is 1.51. The van der Waals surface area contributed by atoms with Gasteiger partial charge in [-0.05, 0) is 45.1 Å². The van der Waals surface area contributed by atoms with E-state index >= 15 is 0 Å². The molecule has 5 nitrogen and oxygen atoms in total. The summed E-state index contributed by atoms with van der Waals surface area (Å²) in [6, 6.07) is 0.394. The average molecular weight is 265 g/mol. The van der Waals surface area contributed by atoms with Gasteiger partial charge in [0.25, 0.3) is 0 Å². The lowest BCUT2D eigenvalue weighted by Gasteiger charge is -2.33. The van der Waals surface area contributed by atoms with Gasteiger partial charge in [0.15, 0.2) is 0 Å². The summed E-state index contributed by atoms with van der Waals surface area (Å²) in [4.78, 5) is 0. The van der Waals surface area contributed by atoms with Crippen molar-refractivity contribution in [2.24, 2.45) is 0 Å². The van der Waals surface area contributed by atoms with Crippen molar-refractivity contribution in [2.75, 3.05) is 19.8 Å². The molecule has 0 bridgehead atoms. The van der Waals surface area contributed by atoms with E-state index in [1.165, 1.54) is 17.7 Å². The molecule has 1 atom stereocenters. The minimum Gasteiger partial charge on any atom is -0.390 e. The molecule has 19 heavy (non-hydrogen) atoms. The third-order valence-electron chi connectivity index (χ3n) is 4.45. The zero-order valence-corrected chi connectivity index (χ0v) is 11.3. The number of nitrogens with zero attached hydrogens (tertiary/aromatic N) is 1. The lowest BCUT2D eigenvalue weighted by molar-refractivity contribution is -0.0676. The SMILES string of the molecule is OC1(CCNC2CCCc3[nH]ncc32)CCOCC1. The number of nitrogens with one attached hydrogen (secondary N) is 2. The Morgan fingerprint density at radius 3 is 3.16 bits per heavy atom. The highest BCUT2D eigenvalue weighted by Gasteiger charge is 2.30. The van der Waals surface area contributed by atoms with Gasteiger partial charge in [-0.15, -0.1) is 0 Å². The number of aryl methyl sites for hydroxylation is 1. The zero-order valence-electron chi connectivity index (χ0n) is 11.3. The molecule has 0 spiro atoms. The molecule has 106 valence electrons. The largest absolute Gasteiger partial charge is 0.390 e. The summed E-state index contributed by atoms with van der Waals surface area (Å²) < 4.78 is 5.30. The van der Waals surface area contributed by atoms with Crippen LogP contribution in [0, 0.1) is 0 Å². The van der Waals surface area contributed by atoms with Crippen molar-refractivity contribution >= 4 is 0 Å². The van der Waals surface area contributed by atoms with Crippen LogP contribution in [0.5, 0.6) is 0 Å². The van der Waals surface area contributed by atoms with Crippen LogP contribution >= 0.6 is 0 Å². The Morgan fingerprint density at radius 2 is 2.32 bits per heavy atom. The lowest BCUT2D eigenvalue weighted by Crippen LogP contribution is -2.39. The van der Waals surface area contributed by atoms with Crippen molar-refractivity contribution in [3.63, 3.8) is 0 Å². The number of hydrogen-bond acceptors (Lipinski definition) is 4. The second-order valence-corrected chi connectivity index (χ2v) is 5.79. The van der Waals surface area contributed by atoms with Gasteiger partial charge in [-0.25, -0.2) is 0 Å². The summed E-state index contributed by atoms with van der Waals surface area (Å²) in [5, 5.41) is 21.2. The monoisotopic (exact) mass is 265 g/mol. The van der Waals surface area contributed by atoms with Crippen LogP contribution in [0.4, 0.5) is 0 Å². The molecule has 2 aliphatic rings. The van der Waals surface area contributed by atoms with Gasteiger partial charge in [0.05, 0.1) is 11.8 Å². The van der Waals surface area contributed by atoms with Crippen molar-refractivity contribution in [3.05, 3.63) is 17.5 Å². The molecule has 1 unspecified atom stereocenters. The summed E-state index contributed by atoms with van der Waals surface area (Å²) in [6.45, 7) is 2.23. The smallest absolute Gasteiger partial charge is 0.0703 e. The van der Waals surface area contributed by atoms with Gasteiger partial charge in [-0.2, -0.15) is 5.10 Å². The molecule has 0 aromatic carbocycles. The van der Waals surface area contributed by atoms with E-state index in [1.54, 1.807) is 0 Å². The first-order chi connectivity index (χ1) is 9.27. The first-order valence-corrected chi connectivity index (χ1v) is 7.32. The van der Waals surface area contributed by atoms with Crippen molar-refractivity contribution in [1.29, 1.82) is 0 Å². The molecule has 2 heterocycles. The summed E-state index contributed by atoms with van der Waals surface area (Å²) in [7, 11) is 0. The van der Waals surface area contributed by atoms with E-state index < -0.39 is 5.60 Å². The number of hydrogen-bond donors (Lipinski definition) is 3. The van der Waals surface area contributed by atoms with Gasteiger partial charge in [-0.3, -0.25) is 5.10 Å². The maximum atomic E-state index is 10.4. The number of fused-ring (bicyclic) bond motifs is 1. The van der Waals surface area contributed by atoms with Crippen LogP contribution in [0.1, 0.15) is 49.4 Å². The van der Waals surface area contributed by atoms with Crippen LogP contribution < -0.4 is 5.32 Å².